The number of hydrogen-bond acceptors (Lipinski definition) is 1. The van der Waals surface area contributed by atoms with Crippen LogP contribution in [0.1, 0.15) is 30.5 Å². The van der Waals surface area contributed by atoms with Gasteiger partial charge in [-0.05, 0) is 48.6 Å². The number of aryl methyl sites for hydroxylation is 2. The minimum atomic E-state index is -0.958. The average molecular weight is 236 g/mol. The third-order valence-corrected chi connectivity index (χ3v) is 2.73. The summed E-state index contributed by atoms with van der Waals surface area (Å²) in [4.78, 5) is 11.0. The number of carbonyl (C=O) groups is 1. The highest BCUT2D eigenvalue weighted by molar-refractivity contribution is 5.92. The maximum absolute atomic E-state index is 13.4. The van der Waals surface area contributed by atoms with Gasteiger partial charge in [0, 0.05) is 5.57 Å². The molecule has 1 aromatic carbocycles. The van der Waals surface area contributed by atoms with Crippen LogP contribution in [0.5, 0.6) is 0 Å². The summed E-state index contributed by atoms with van der Waals surface area (Å²) in [5, 5.41) is 9.06. The molecule has 0 fully saturated rings. The second-order valence-electron chi connectivity index (χ2n) is 4.52. The maximum atomic E-state index is 13.4. The molecular formula is C14H17FO2. The van der Waals surface area contributed by atoms with Crippen LogP contribution < -0.4 is 0 Å². The number of hydrogen-bond donors (Lipinski definition) is 1. The van der Waals surface area contributed by atoms with Crippen LogP contribution in [0.3, 0.4) is 0 Å². The van der Waals surface area contributed by atoms with E-state index in [9.17, 15) is 9.18 Å². The van der Waals surface area contributed by atoms with E-state index >= 15 is 0 Å². The number of halogens is 1. The number of carboxylic acids is 1. The van der Waals surface area contributed by atoms with Crippen LogP contribution in [0.2, 0.25) is 0 Å². The lowest BCUT2D eigenvalue weighted by Crippen LogP contribution is -2.07. The molecule has 0 bridgehead atoms. The van der Waals surface area contributed by atoms with Crippen molar-refractivity contribution in [2.75, 3.05) is 0 Å². The van der Waals surface area contributed by atoms with E-state index in [0.717, 1.165) is 5.56 Å². The molecule has 0 atom stereocenters. The topological polar surface area (TPSA) is 37.3 Å². The molecule has 0 spiro atoms. The predicted octanol–water partition coefficient (Wildman–Crippen LogP) is 3.57. The third-order valence-electron chi connectivity index (χ3n) is 2.73. The fourth-order valence-electron chi connectivity index (χ4n) is 1.64. The largest absolute Gasteiger partial charge is 0.478 e. The molecule has 0 aliphatic heterocycles. The zero-order chi connectivity index (χ0) is 13.2. The first-order chi connectivity index (χ1) is 7.82. The summed E-state index contributed by atoms with van der Waals surface area (Å²) in [6.07, 6.45) is 1.55. The minimum Gasteiger partial charge on any atom is -0.478 e. The van der Waals surface area contributed by atoms with Crippen molar-refractivity contribution < 1.29 is 14.3 Å². The van der Waals surface area contributed by atoms with Gasteiger partial charge in [0.2, 0.25) is 0 Å². The molecule has 2 nitrogen and oxygen atoms in total. The molecule has 17 heavy (non-hydrogen) atoms. The molecule has 3 heteroatoms. The first-order valence-electron chi connectivity index (χ1n) is 5.54. The first kappa shape index (κ1) is 13.4. The fraction of sp³-hybridized carbons (Fsp3) is 0.357. The van der Waals surface area contributed by atoms with E-state index in [2.05, 4.69) is 0 Å². The van der Waals surface area contributed by atoms with Gasteiger partial charge in [0.15, 0.2) is 0 Å². The zero-order valence-corrected chi connectivity index (χ0v) is 10.5. The maximum Gasteiger partial charge on any atom is 0.331 e. The predicted molar refractivity (Wildman–Crippen MR) is 66.3 cm³/mol. The SMILES string of the molecule is Cc1cc(C)c(/C=C(/C(=O)O)C(C)C)cc1F. The molecule has 92 valence electrons. The van der Waals surface area contributed by atoms with E-state index in [1.807, 2.05) is 6.92 Å². The van der Waals surface area contributed by atoms with Gasteiger partial charge < -0.3 is 5.11 Å². The van der Waals surface area contributed by atoms with E-state index in [1.54, 1.807) is 32.9 Å². The molecule has 0 amide bonds. The lowest BCUT2D eigenvalue weighted by molar-refractivity contribution is -0.133. The van der Waals surface area contributed by atoms with E-state index in [0.29, 0.717) is 11.1 Å². The second-order valence-corrected chi connectivity index (χ2v) is 4.52. The van der Waals surface area contributed by atoms with Crippen LogP contribution in [-0.4, -0.2) is 11.1 Å². The van der Waals surface area contributed by atoms with E-state index in [1.165, 1.54) is 6.07 Å². The van der Waals surface area contributed by atoms with Crippen molar-refractivity contribution in [3.05, 3.63) is 40.2 Å². The lowest BCUT2D eigenvalue weighted by Gasteiger charge is -2.09. The van der Waals surface area contributed by atoms with Crippen molar-refractivity contribution in [2.45, 2.75) is 27.7 Å². The monoisotopic (exact) mass is 236 g/mol. The van der Waals surface area contributed by atoms with Crippen LogP contribution in [-0.2, 0) is 4.79 Å². The Balaban J connectivity index is 3.29. The van der Waals surface area contributed by atoms with Crippen molar-refractivity contribution in [2.24, 2.45) is 5.92 Å². The lowest BCUT2D eigenvalue weighted by atomic mass is 9.97. The molecule has 0 aliphatic carbocycles. The highest BCUT2D eigenvalue weighted by atomic mass is 19.1. The first-order valence-corrected chi connectivity index (χ1v) is 5.54. The van der Waals surface area contributed by atoms with E-state index in [-0.39, 0.29) is 17.3 Å². The average Bonchev–Trinajstić information content (AvgIpc) is 2.20. The summed E-state index contributed by atoms with van der Waals surface area (Å²) in [7, 11) is 0. The standard InChI is InChI=1S/C14H17FO2/c1-8(2)12(14(16)17)6-11-7-13(15)10(4)5-9(11)3/h5-8H,1-4H3,(H,16,17)/b12-6+. The van der Waals surface area contributed by atoms with Gasteiger partial charge in [-0.1, -0.05) is 19.9 Å². The molecule has 0 unspecified atom stereocenters. The Hall–Kier alpha value is -1.64. The second kappa shape index (κ2) is 5.13. The smallest absolute Gasteiger partial charge is 0.331 e. The number of aliphatic carboxylic acids is 1. The molecule has 0 saturated carbocycles. The van der Waals surface area contributed by atoms with Crippen molar-refractivity contribution >= 4 is 12.0 Å². The van der Waals surface area contributed by atoms with Gasteiger partial charge in [0.1, 0.15) is 5.82 Å². The van der Waals surface area contributed by atoms with Gasteiger partial charge >= 0.3 is 5.97 Å². The van der Waals surface area contributed by atoms with Crippen LogP contribution in [0.15, 0.2) is 17.7 Å². The fourth-order valence-corrected chi connectivity index (χ4v) is 1.64. The molecule has 0 radical (unpaired) electrons. The highest BCUT2D eigenvalue weighted by Crippen LogP contribution is 2.20. The summed E-state index contributed by atoms with van der Waals surface area (Å²) in [6.45, 7) is 7.15. The van der Waals surface area contributed by atoms with Gasteiger partial charge in [0.25, 0.3) is 0 Å². The Morgan fingerprint density at radius 2 is 1.88 bits per heavy atom. The van der Waals surface area contributed by atoms with Gasteiger partial charge in [-0.3, -0.25) is 0 Å². The molecular weight excluding hydrogens is 219 g/mol. The van der Waals surface area contributed by atoms with E-state index < -0.39 is 5.97 Å². The van der Waals surface area contributed by atoms with E-state index in [4.69, 9.17) is 5.11 Å². The minimum absolute atomic E-state index is 0.101. The third kappa shape index (κ3) is 3.16. The molecule has 0 saturated heterocycles. The van der Waals surface area contributed by atoms with Crippen LogP contribution in [0, 0.1) is 25.6 Å². The van der Waals surface area contributed by atoms with Crippen molar-refractivity contribution in [1.82, 2.24) is 0 Å². The summed E-state index contributed by atoms with van der Waals surface area (Å²) >= 11 is 0. The van der Waals surface area contributed by atoms with Crippen LogP contribution in [0.25, 0.3) is 6.08 Å². The normalized spacial score (nSPS) is 12.0. The Morgan fingerprint density at radius 3 is 2.35 bits per heavy atom. The molecule has 0 heterocycles. The van der Waals surface area contributed by atoms with Gasteiger partial charge in [-0.25, -0.2) is 9.18 Å². The Kier molecular flexibility index (Phi) is 4.05. The zero-order valence-electron chi connectivity index (χ0n) is 10.5. The Morgan fingerprint density at radius 1 is 1.29 bits per heavy atom. The summed E-state index contributed by atoms with van der Waals surface area (Å²) < 4.78 is 13.4. The van der Waals surface area contributed by atoms with Gasteiger partial charge in [0.05, 0.1) is 0 Å². The molecule has 0 aromatic heterocycles. The molecule has 1 N–H and O–H groups in total. The molecule has 1 rings (SSSR count). The number of carboxylic acid groups (broad SMARTS) is 1. The molecule has 1 aromatic rings. The van der Waals surface area contributed by atoms with Crippen molar-refractivity contribution in [1.29, 1.82) is 0 Å². The van der Waals surface area contributed by atoms with Gasteiger partial charge in [-0.2, -0.15) is 0 Å². The molecule has 0 aliphatic rings. The summed E-state index contributed by atoms with van der Waals surface area (Å²) in [5.41, 5.74) is 2.36. The van der Waals surface area contributed by atoms with Crippen LogP contribution in [0.4, 0.5) is 4.39 Å². The Bertz CT molecular complexity index is 473. The number of rotatable bonds is 3. The quantitative estimate of drug-likeness (QED) is 0.815. The van der Waals surface area contributed by atoms with Crippen molar-refractivity contribution in [3.8, 4) is 0 Å². The van der Waals surface area contributed by atoms with Gasteiger partial charge in [-0.15, -0.1) is 0 Å². The summed E-state index contributed by atoms with van der Waals surface area (Å²) in [6, 6.07) is 3.11. The summed E-state index contributed by atoms with van der Waals surface area (Å²) in [5.74, 6) is -1.37. The highest BCUT2D eigenvalue weighted by Gasteiger charge is 2.13. The number of benzene rings is 1. The van der Waals surface area contributed by atoms with Crippen molar-refractivity contribution in [3.63, 3.8) is 0 Å². The Labute approximate surface area is 101 Å². The van der Waals surface area contributed by atoms with Crippen LogP contribution >= 0.6 is 0 Å².